The minimum absolute atomic E-state index is 0.195. The summed E-state index contributed by atoms with van der Waals surface area (Å²) in [6, 6.07) is 7.68. The number of carboxylic acids is 1. The quantitative estimate of drug-likeness (QED) is 0.763. The molecule has 92 valence electrons. The highest BCUT2D eigenvalue weighted by Crippen LogP contribution is 2.12. The summed E-state index contributed by atoms with van der Waals surface area (Å²) < 4.78 is 5.06. The van der Waals surface area contributed by atoms with Crippen molar-refractivity contribution in [2.75, 3.05) is 20.7 Å². The summed E-state index contributed by atoms with van der Waals surface area (Å²) in [7, 11) is 3.48. The lowest BCUT2D eigenvalue weighted by molar-refractivity contribution is -0.132. The Morgan fingerprint density at radius 2 is 2.00 bits per heavy atom. The molecular weight excluding hydrogens is 218 g/mol. The summed E-state index contributed by atoms with van der Waals surface area (Å²) in [6.45, 7) is 4.53. The van der Waals surface area contributed by atoms with Crippen LogP contribution in [0, 0.1) is 0 Å². The summed E-state index contributed by atoms with van der Waals surface area (Å²) >= 11 is 0. The Labute approximate surface area is 101 Å². The van der Waals surface area contributed by atoms with E-state index in [0.29, 0.717) is 13.1 Å². The van der Waals surface area contributed by atoms with Gasteiger partial charge < -0.3 is 9.84 Å². The van der Waals surface area contributed by atoms with Crippen molar-refractivity contribution < 1.29 is 14.6 Å². The normalized spacial score (nSPS) is 10.3. The SMILES string of the molecule is C=C(CN(C)Cc1ccc(OC)cc1)C(=O)O. The van der Waals surface area contributed by atoms with Gasteiger partial charge in [0.05, 0.1) is 7.11 Å². The fourth-order valence-corrected chi connectivity index (χ4v) is 1.49. The number of ether oxygens (including phenoxy) is 1. The van der Waals surface area contributed by atoms with Crippen molar-refractivity contribution in [3.05, 3.63) is 42.0 Å². The average molecular weight is 235 g/mol. The van der Waals surface area contributed by atoms with Gasteiger partial charge in [0.1, 0.15) is 5.75 Å². The minimum atomic E-state index is -0.952. The van der Waals surface area contributed by atoms with Crippen LogP contribution in [0.5, 0.6) is 5.75 Å². The lowest BCUT2D eigenvalue weighted by Gasteiger charge is -2.16. The van der Waals surface area contributed by atoms with Gasteiger partial charge in [-0.3, -0.25) is 4.90 Å². The number of hydrogen-bond donors (Lipinski definition) is 1. The summed E-state index contributed by atoms with van der Waals surface area (Å²) in [6.07, 6.45) is 0. The van der Waals surface area contributed by atoms with E-state index in [1.807, 2.05) is 36.2 Å². The number of aliphatic carboxylic acids is 1. The summed E-state index contributed by atoms with van der Waals surface area (Å²) in [4.78, 5) is 12.5. The summed E-state index contributed by atoms with van der Waals surface area (Å²) in [5.74, 6) is -0.141. The average Bonchev–Trinajstić information content (AvgIpc) is 2.29. The van der Waals surface area contributed by atoms with Crippen LogP contribution in [0.15, 0.2) is 36.4 Å². The molecule has 0 atom stereocenters. The number of methoxy groups -OCH3 is 1. The molecule has 0 unspecified atom stereocenters. The van der Waals surface area contributed by atoms with E-state index in [2.05, 4.69) is 6.58 Å². The fourth-order valence-electron chi connectivity index (χ4n) is 1.49. The molecule has 0 aliphatic rings. The molecule has 0 aliphatic carbocycles. The third-order valence-electron chi connectivity index (χ3n) is 2.37. The molecule has 1 rings (SSSR count). The zero-order chi connectivity index (χ0) is 12.8. The van der Waals surface area contributed by atoms with E-state index >= 15 is 0 Å². The van der Waals surface area contributed by atoms with Gasteiger partial charge >= 0.3 is 5.97 Å². The van der Waals surface area contributed by atoms with Crippen LogP contribution >= 0.6 is 0 Å². The van der Waals surface area contributed by atoms with Gasteiger partial charge in [-0.05, 0) is 24.7 Å². The van der Waals surface area contributed by atoms with Crippen molar-refractivity contribution in [2.45, 2.75) is 6.54 Å². The van der Waals surface area contributed by atoms with Gasteiger partial charge in [-0.2, -0.15) is 0 Å². The maximum Gasteiger partial charge on any atom is 0.332 e. The van der Waals surface area contributed by atoms with Crippen molar-refractivity contribution in [1.82, 2.24) is 4.90 Å². The van der Waals surface area contributed by atoms with Gasteiger partial charge in [0.15, 0.2) is 0 Å². The lowest BCUT2D eigenvalue weighted by atomic mass is 10.2. The molecule has 1 aromatic carbocycles. The van der Waals surface area contributed by atoms with Gasteiger partial charge in [0, 0.05) is 18.7 Å². The number of benzene rings is 1. The van der Waals surface area contributed by atoms with E-state index in [1.165, 1.54) is 0 Å². The first-order valence-electron chi connectivity index (χ1n) is 5.25. The number of likely N-dealkylation sites (N-methyl/N-ethyl adjacent to an activating group) is 1. The molecule has 0 spiro atoms. The van der Waals surface area contributed by atoms with E-state index in [1.54, 1.807) is 7.11 Å². The van der Waals surface area contributed by atoms with E-state index in [9.17, 15) is 4.79 Å². The molecular formula is C13H17NO3. The van der Waals surface area contributed by atoms with Crippen LogP contribution in [0.2, 0.25) is 0 Å². The molecule has 0 aromatic heterocycles. The first kappa shape index (κ1) is 13.3. The molecule has 1 N–H and O–H groups in total. The van der Waals surface area contributed by atoms with Gasteiger partial charge in [-0.25, -0.2) is 4.79 Å². The topological polar surface area (TPSA) is 49.8 Å². The Bertz CT molecular complexity index is 398. The maximum atomic E-state index is 10.6. The second-order valence-corrected chi connectivity index (χ2v) is 3.93. The third-order valence-corrected chi connectivity index (χ3v) is 2.37. The highest BCUT2D eigenvalue weighted by Gasteiger charge is 2.08. The number of carboxylic acid groups (broad SMARTS) is 1. The van der Waals surface area contributed by atoms with Crippen molar-refractivity contribution >= 4 is 5.97 Å². The highest BCUT2D eigenvalue weighted by atomic mass is 16.5. The molecule has 0 amide bonds. The van der Waals surface area contributed by atoms with Crippen molar-refractivity contribution in [2.24, 2.45) is 0 Å². The predicted molar refractivity (Wildman–Crippen MR) is 66.1 cm³/mol. The molecule has 0 radical (unpaired) electrons. The maximum absolute atomic E-state index is 10.6. The van der Waals surface area contributed by atoms with Crippen LogP contribution in [0.1, 0.15) is 5.56 Å². The number of carbonyl (C=O) groups is 1. The first-order chi connectivity index (χ1) is 8.02. The van der Waals surface area contributed by atoms with Crippen LogP contribution in [0.4, 0.5) is 0 Å². The van der Waals surface area contributed by atoms with Crippen LogP contribution < -0.4 is 4.74 Å². The molecule has 0 fully saturated rings. The van der Waals surface area contributed by atoms with Gasteiger partial charge in [0.25, 0.3) is 0 Å². The van der Waals surface area contributed by atoms with Crippen LogP contribution in [-0.2, 0) is 11.3 Å². The van der Waals surface area contributed by atoms with Crippen LogP contribution in [-0.4, -0.2) is 36.7 Å². The Hall–Kier alpha value is -1.81. The molecule has 0 saturated heterocycles. The predicted octanol–water partition coefficient (Wildman–Crippen LogP) is 1.77. The Kier molecular flexibility index (Phi) is 4.72. The van der Waals surface area contributed by atoms with E-state index < -0.39 is 5.97 Å². The summed E-state index contributed by atoms with van der Waals surface area (Å²) in [5.41, 5.74) is 1.30. The van der Waals surface area contributed by atoms with Crippen LogP contribution in [0.25, 0.3) is 0 Å². The van der Waals surface area contributed by atoms with E-state index in [4.69, 9.17) is 9.84 Å². The molecule has 1 aromatic rings. The van der Waals surface area contributed by atoms with E-state index in [0.717, 1.165) is 11.3 Å². The monoisotopic (exact) mass is 235 g/mol. The van der Waals surface area contributed by atoms with Gasteiger partial charge in [0.2, 0.25) is 0 Å². The van der Waals surface area contributed by atoms with Crippen molar-refractivity contribution in [3.63, 3.8) is 0 Å². The number of hydrogen-bond acceptors (Lipinski definition) is 3. The fraction of sp³-hybridized carbons (Fsp3) is 0.308. The van der Waals surface area contributed by atoms with E-state index in [-0.39, 0.29) is 5.57 Å². The Morgan fingerprint density at radius 3 is 2.47 bits per heavy atom. The largest absolute Gasteiger partial charge is 0.497 e. The van der Waals surface area contributed by atoms with Crippen molar-refractivity contribution in [1.29, 1.82) is 0 Å². The molecule has 0 bridgehead atoms. The summed E-state index contributed by atoms with van der Waals surface area (Å²) in [5, 5.41) is 8.72. The molecule has 4 heteroatoms. The second-order valence-electron chi connectivity index (χ2n) is 3.93. The van der Waals surface area contributed by atoms with Gasteiger partial charge in [-0.15, -0.1) is 0 Å². The zero-order valence-corrected chi connectivity index (χ0v) is 10.1. The lowest BCUT2D eigenvalue weighted by Crippen LogP contribution is -2.23. The Morgan fingerprint density at radius 1 is 1.41 bits per heavy atom. The molecule has 0 aliphatic heterocycles. The smallest absolute Gasteiger partial charge is 0.332 e. The molecule has 4 nitrogen and oxygen atoms in total. The molecule has 0 saturated carbocycles. The highest BCUT2D eigenvalue weighted by molar-refractivity contribution is 5.86. The molecule has 0 heterocycles. The number of rotatable bonds is 6. The minimum Gasteiger partial charge on any atom is -0.497 e. The zero-order valence-electron chi connectivity index (χ0n) is 10.1. The standard InChI is InChI=1S/C13H17NO3/c1-10(13(15)16)8-14(2)9-11-4-6-12(17-3)7-5-11/h4-7H,1,8-9H2,2-3H3,(H,15,16). The van der Waals surface area contributed by atoms with Crippen molar-refractivity contribution in [3.8, 4) is 5.75 Å². The second kappa shape index (κ2) is 6.06. The first-order valence-corrected chi connectivity index (χ1v) is 5.25. The Balaban J connectivity index is 2.52. The number of nitrogens with zero attached hydrogens (tertiary/aromatic N) is 1. The van der Waals surface area contributed by atoms with Gasteiger partial charge in [-0.1, -0.05) is 18.7 Å². The van der Waals surface area contributed by atoms with Crippen LogP contribution in [0.3, 0.4) is 0 Å². The third kappa shape index (κ3) is 4.28. The molecule has 17 heavy (non-hydrogen) atoms.